The number of rotatable bonds is 5. The van der Waals surface area contributed by atoms with Gasteiger partial charge in [-0.3, -0.25) is 9.36 Å². The van der Waals surface area contributed by atoms with Crippen LogP contribution in [0.3, 0.4) is 0 Å². The zero-order valence-corrected chi connectivity index (χ0v) is 22.3. The first-order valence-corrected chi connectivity index (χ1v) is 13.6. The van der Waals surface area contributed by atoms with E-state index in [0.29, 0.717) is 20.6 Å². The van der Waals surface area contributed by atoms with Crippen LogP contribution in [0.1, 0.15) is 37.9 Å². The molecule has 3 heterocycles. The number of aromatic nitrogens is 2. The van der Waals surface area contributed by atoms with Crippen molar-refractivity contribution in [2.45, 2.75) is 33.4 Å². The Kier molecular flexibility index (Phi) is 6.08. The molecule has 7 heteroatoms. The van der Waals surface area contributed by atoms with E-state index in [2.05, 4.69) is 29.8 Å². The Bertz CT molecular complexity index is 1940. The summed E-state index contributed by atoms with van der Waals surface area (Å²) in [7, 11) is 0. The van der Waals surface area contributed by atoms with Gasteiger partial charge in [-0.2, -0.15) is 0 Å². The van der Waals surface area contributed by atoms with E-state index in [9.17, 15) is 9.59 Å². The largest absolute Gasteiger partial charge is 0.463 e. The number of esters is 1. The van der Waals surface area contributed by atoms with Crippen LogP contribution in [0.4, 0.5) is 0 Å². The van der Waals surface area contributed by atoms with E-state index in [1.165, 1.54) is 11.3 Å². The lowest BCUT2D eigenvalue weighted by Crippen LogP contribution is -2.40. The minimum atomic E-state index is -0.643. The molecular formula is C31H27N3O3S. The van der Waals surface area contributed by atoms with Crippen LogP contribution in [0.15, 0.2) is 94.0 Å². The van der Waals surface area contributed by atoms with Gasteiger partial charge in [0.05, 0.1) is 28.5 Å². The zero-order valence-electron chi connectivity index (χ0n) is 21.5. The van der Waals surface area contributed by atoms with Crippen LogP contribution in [0, 0.1) is 0 Å². The number of para-hydroxylation sites is 1. The first kappa shape index (κ1) is 24.1. The van der Waals surface area contributed by atoms with Crippen molar-refractivity contribution in [2.75, 3.05) is 6.61 Å². The van der Waals surface area contributed by atoms with Crippen molar-refractivity contribution < 1.29 is 9.53 Å². The highest BCUT2D eigenvalue weighted by Gasteiger charge is 2.34. The fraction of sp³-hybridized carbons (Fsp3) is 0.194. The summed E-state index contributed by atoms with van der Waals surface area (Å²) in [5, 5.41) is 3.11. The highest BCUT2D eigenvalue weighted by molar-refractivity contribution is 7.07. The number of thiazole rings is 1. The second-order valence-corrected chi connectivity index (χ2v) is 10.3. The van der Waals surface area contributed by atoms with E-state index >= 15 is 0 Å². The number of nitrogens with zero attached hydrogens (tertiary/aromatic N) is 3. The first-order chi connectivity index (χ1) is 18.5. The molecule has 0 amide bonds. The van der Waals surface area contributed by atoms with Gasteiger partial charge in [0, 0.05) is 29.2 Å². The lowest BCUT2D eigenvalue weighted by atomic mass is 9.91. The van der Waals surface area contributed by atoms with Crippen LogP contribution in [-0.2, 0) is 16.1 Å². The summed E-state index contributed by atoms with van der Waals surface area (Å²) < 4.78 is 9.88. The molecule has 0 spiro atoms. The molecule has 190 valence electrons. The lowest BCUT2D eigenvalue weighted by molar-refractivity contribution is -0.139. The maximum atomic E-state index is 14.1. The quantitative estimate of drug-likeness (QED) is 0.308. The summed E-state index contributed by atoms with van der Waals surface area (Å²) in [6, 6.07) is 21.6. The number of carbonyl (C=O) groups excluding carboxylic acids is 1. The number of hydrogen-bond donors (Lipinski definition) is 0. The number of carbonyl (C=O) groups is 1. The average Bonchev–Trinajstić information content (AvgIpc) is 3.44. The third-order valence-electron chi connectivity index (χ3n) is 7.08. The van der Waals surface area contributed by atoms with Crippen molar-refractivity contribution in [3.63, 3.8) is 0 Å². The number of aryl methyl sites for hydroxylation is 1. The summed E-state index contributed by atoms with van der Waals surface area (Å²) >= 11 is 1.35. The van der Waals surface area contributed by atoms with Gasteiger partial charge < -0.3 is 9.30 Å². The van der Waals surface area contributed by atoms with Gasteiger partial charge in [0.2, 0.25) is 0 Å². The standard InChI is InChI=1S/C31H27N3O3S/c1-4-33-18-21(23-14-8-9-16-25(23)33)17-26-29(35)34-28(24-15-10-12-20-11-6-7-13-22(20)24)27(30(36)37-5-2)19(3)32-31(34)38-26/h6-18,28H,4-5H2,1-3H3. The highest BCUT2D eigenvalue weighted by atomic mass is 32.1. The summed E-state index contributed by atoms with van der Waals surface area (Å²) in [5.41, 5.74) is 3.77. The van der Waals surface area contributed by atoms with Gasteiger partial charge in [0.15, 0.2) is 4.80 Å². The number of fused-ring (bicyclic) bond motifs is 3. The highest BCUT2D eigenvalue weighted by Crippen LogP contribution is 2.34. The van der Waals surface area contributed by atoms with Crippen molar-refractivity contribution >= 4 is 45.1 Å². The van der Waals surface area contributed by atoms with Crippen LogP contribution in [0.2, 0.25) is 0 Å². The smallest absolute Gasteiger partial charge is 0.338 e. The van der Waals surface area contributed by atoms with Gasteiger partial charge in [0.25, 0.3) is 5.56 Å². The topological polar surface area (TPSA) is 65.6 Å². The van der Waals surface area contributed by atoms with Gasteiger partial charge in [-0.25, -0.2) is 9.79 Å². The van der Waals surface area contributed by atoms with Crippen molar-refractivity contribution in [1.82, 2.24) is 9.13 Å². The summed E-state index contributed by atoms with van der Waals surface area (Å²) in [6.45, 7) is 6.77. The first-order valence-electron chi connectivity index (χ1n) is 12.8. The monoisotopic (exact) mass is 521 g/mol. The van der Waals surface area contributed by atoms with E-state index < -0.39 is 12.0 Å². The van der Waals surface area contributed by atoms with Crippen LogP contribution in [-0.4, -0.2) is 21.7 Å². The van der Waals surface area contributed by atoms with Crippen molar-refractivity contribution in [3.05, 3.63) is 115 Å². The molecule has 2 aromatic heterocycles. The normalized spacial score (nSPS) is 15.7. The van der Waals surface area contributed by atoms with E-state index in [0.717, 1.165) is 39.3 Å². The fourth-order valence-electron chi connectivity index (χ4n) is 5.37. The second-order valence-electron chi connectivity index (χ2n) is 9.26. The summed E-state index contributed by atoms with van der Waals surface area (Å²) in [5.74, 6) is -0.452. The van der Waals surface area contributed by atoms with Gasteiger partial charge >= 0.3 is 5.97 Å². The minimum absolute atomic E-state index is 0.172. The minimum Gasteiger partial charge on any atom is -0.463 e. The molecular weight excluding hydrogens is 494 g/mol. The Balaban J connectivity index is 1.63. The number of hydrogen-bond acceptors (Lipinski definition) is 5. The van der Waals surface area contributed by atoms with Crippen LogP contribution >= 0.6 is 11.3 Å². The third-order valence-corrected chi connectivity index (χ3v) is 8.06. The molecule has 0 bridgehead atoms. The molecule has 1 aliphatic rings. The molecule has 5 aromatic rings. The molecule has 0 N–H and O–H groups in total. The van der Waals surface area contributed by atoms with E-state index in [4.69, 9.17) is 9.73 Å². The number of allylic oxidation sites excluding steroid dienone is 1. The molecule has 0 saturated carbocycles. The molecule has 0 radical (unpaired) electrons. The molecule has 6 rings (SSSR count). The molecule has 1 aliphatic heterocycles. The predicted molar refractivity (Wildman–Crippen MR) is 152 cm³/mol. The van der Waals surface area contributed by atoms with Gasteiger partial charge in [-0.05, 0) is 49.2 Å². The average molecular weight is 522 g/mol. The Hall–Kier alpha value is -4.23. The van der Waals surface area contributed by atoms with Crippen LogP contribution in [0.5, 0.6) is 0 Å². The van der Waals surface area contributed by atoms with Crippen molar-refractivity contribution in [1.29, 1.82) is 0 Å². The van der Waals surface area contributed by atoms with Crippen LogP contribution < -0.4 is 14.9 Å². The number of ether oxygens (including phenoxy) is 1. The Labute approximate surface area is 223 Å². The fourth-order valence-corrected chi connectivity index (χ4v) is 6.41. The zero-order chi connectivity index (χ0) is 26.4. The molecule has 1 atom stereocenters. The molecule has 1 unspecified atom stereocenters. The maximum Gasteiger partial charge on any atom is 0.338 e. The van der Waals surface area contributed by atoms with E-state index in [-0.39, 0.29) is 12.2 Å². The molecule has 0 aliphatic carbocycles. The Morgan fingerprint density at radius 1 is 1.03 bits per heavy atom. The van der Waals surface area contributed by atoms with Gasteiger partial charge in [-0.15, -0.1) is 0 Å². The Morgan fingerprint density at radius 2 is 1.76 bits per heavy atom. The van der Waals surface area contributed by atoms with Crippen molar-refractivity contribution in [3.8, 4) is 0 Å². The molecule has 3 aromatic carbocycles. The molecule has 0 saturated heterocycles. The van der Waals surface area contributed by atoms with E-state index in [1.54, 1.807) is 11.5 Å². The summed E-state index contributed by atoms with van der Waals surface area (Å²) in [6.07, 6.45) is 4.03. The van der Waals surface area contributed by atoms with Gasteiger partial charge in [0.1, 0.15) is 0 Å². The SMILES string of the molecule is CCOC(=O)C1=C(C)N=c2sc(=Cc3cn(CC)c4ccccc34)c(=O)n2C1c1cccc2ccccc12. The predicted octanol–water partition coefficient (Wildman–Crippen LogP) is 4.93. The van der Waals surface area contributed by atoms with E-state index in [1.807, 2.05) is 67.6 Å². The number of benzene rings is 3. The van der Waals surface area contributed by atoms with Crippen LogP contribution in [0.25, 0.3) is 27.8 Å². The maximum absolute atomic E-state index is 14.1. The van der Waals surface area contributed by atoms with Gasteiger partial charge in [-0.1, -0.05) is 72.0 Å². The second kappa shape index (κ2) is 9.58. The molecule has 0 fully saturated rings. The third kappa shape index (κ3) is 3.82. The molecule has 6 nitrogen and oxygen atoms in total. The molecule has 38 heavy (non-hydrogen) atoms. The Morgan fingerprint density at radius 3 is 2.55 bits per heavy atom. The lowest BCUT2D eigenvalue weighted by Gasteiger charge is -2.25. The van der Waals surface area contributed by atoms with Crippen molar-refractivity contribution in [2.24, 2.45) is 4.99 Å². The summed E-state index contributed by atoms with van der Waals surface area (Å²) in [4.78, 5) is 32.7.